The van der Waals surface area contributed by atoms with Crippen LogP contribution in [-0.4, -0.2) is 0 Å². The lowest BCUT2D eigenvalue weighted by atomic mass is 9.84. The van der Waals surface area contributed by atoms with Crippen molar-refractivity contribution < 1.29 is 4.42 Å². The fourth-order valence-electron chi connectivity index (χ4n) is 2.68. The summed E-state index contributed by atoms with van der Waals surface area (Å²) in [6, 6.07) is 4.20. The maximum absolute atomic E-state index is 6.20. The average molecular weight is 221 g/mol. The number of hydrogen-bond acceptors (Lipinski definition) is 2. The Morgan fingerprint density at radius 3 is 2.69 bits per heavy atom. The number of aryl methyl sites for hydroxylation is 1. The summed E-state index contributed by atoms with van der Waals surface area (Å²) in [5, 5.41) is 0. The van der Waals surface area contributed by atoms with E-state index in [2.05, 4.69) is 13.0 Å². The molecule has 0 aliphatic heterocycles. The molecule has 0 aromatic carbocycles. The van der Waals surface area contributed by atoms with Crippen molar-refractivity contribution in [3.8, 4) is 0 Å². The predicted molar refractivity (Wildman–Crippen MR) is 66.2 cm³/mol. The monoisotopic (exact) mass is 221 g/mol. The second kappa shape index (κ2) is 5.53. The zero-order valence-corrected chi connectivity index (χ0v) is 10.2. The molecule has 16 heavy (non-hydrogen) atoms. The van der Waals surface area contributed by atoms with Gasteiger partial charge >= 0.3 is 0 Å². The van der Waals surface area contributed by atoms with Crippen molar-refractivity contribution in [2.24, 2.45) is 11.7 Å². The standard InChI is InChI=1S/C14H23NO/c1-2-12-8-9-14(16-12)13(15)10-11-6-4-3-5-7-11/h8-9,11,13H,2-7,10,15H2,1H3. The highest BCUT2D eigenvalue weighted by atomic mass is 16.3. The van der Waals surface area contributed by atoms with Gasteiger partial charge in [-0.05, 0) is 24.5 Å². The van der Waals surface area contributed by atoms with Crippen molar-refractivity contribution in [2.45, 2.75) is 57.9 Å². The highest BCUT2D eigenvalue weighted by molar-refractivity contribution is 5.10. The van der Waals surface area contributed by atoms with Crippen molar-refractivity contribution in [3.63, 3.8) is 0 Å². The van der Waals surface area contributed by atoms with Crippen LogP contribution in [0, 0.1) is 5.92 Å². The molecule has 1 heterocycles. The molecule has 0 spiro atoms. The van der Waals surface area contributed by atoms with Gasteiger partial charge in [0.05, 0.1) is 6.04 Å². The van der Waals surface area contributed by atoms with E-state index in [-0.39, 0.29) is 6.04 Å². The summed E-state index contributed by atoms with van der Waals surface area (Å²) in [6.07, 6.45) is 8.94. The van der Waals surface area contributed by atoms with Gasteiger partial charge in [-0.25, -0.2) is 0 Å². The van der Waals surface area contributed by atoms with Gasteiger partial charge in [0.25, 0.3) is 0 Å². The summed E-state index contributed by atoms with van der Waals surface area (Å²) < 4.78 is 5.71. The van der Waals surface area contributed by atoms with Crippen molar-refractivity contribution in [1.82, 2.24) is 0 Å². The van der Waals surface area contributed by atoms with Gasteiger partial charge in [-0.15, -0.1) is 0 Å². The Morgan fingerprint density at radius 1 is 1.31 bits per heavy atom. The zero-order chi connectivity index (χ0) is 11.4. The third-order valence-electron chi connectivity index (χ3n) is 3.71. The van der Waals surface area contributed by atoms with Gasteiger partial charge in [-0.2, -0.15) is 0 Å². The molecule has 1 aliphatic carbocycles. The highest BCUT2D eigenvalue weighted by Gasteiger charge is 2.19. The Hall–Kier alpha value is -0.760. The zero-order valence-electron chi connectivity index (χ0n) is 10.2. The maximum atomic E-state index is 6.20. The Bertz CT molecular complexity index is 312. The van der Waals surface area contributed by atoms with E-state index in [1.807, 2.05) is 6.07 Å². The molecular weight excluding hydrogens is 198 g/mol. The molecule has 1 aromatic heterocycles. The summed E-state index contributed by atoms with van der Waals surface area (Å²) in [4.78, 5) is 0. The molecule has 90 valence electrons. The Morgan fingerprint density at radius 2 is 2.06 bits per heavy atom. The van der Waals surface area contributed by atoms with Crippen LogP contribution in [0.1, 0.15) is 63.0 Å². The number of nitrogens with two attached hydrogens (primary N) is 1. The minimum absolute atomic E-state index is 0.100. The second-order valence-corrected chi connectivity index (χ2v) is 5.00. The molecule has 2 nitrogen and oxygen atoms in total. The molecule has 1 fully saturated rings. The molecule has 1 aliphatic rings. The Kier molecular flexibility index (Phi) is 4.05. The van der Waals surface area contributed by atoms with Crippen molar-refractivity contribution in [1.29, 1.82) is 0 Å². The van der Waals surface area contributed by atoms with Gasteiger partial charge in [-0.3, -0.25) is 0 Å². The third kappa shape index (κ3) is 2.88. The van der Waals surface area contributed by atoms with Crippen molar-refractivity contribution in [3.05, 3.63) is 23.7 Å². The topological polar surface area (TPSA) is 39.2 Å². The lowest BCUT2D eigenvalue weighted by Crippen LogP contribution is -2.16. The molecule has 2 rings (SSSR count). The van der Waals surface area contributed by atoms with Crippen molar-refractivity contribution >= 4 is 0 Å². The second-order valence-electron chi connectivity index (χ2n) is 5.00. The number of hydrogen-bond donors (Lipinski definition) is 1. The molecule has 0 bridgehead atoms. The SMILES string of the molecule is CCc1ccc(C(N)CC2CCCCC2)o1. The minimum Gasteiger partial charge on any atom is -0.464 e. The van der Waals surface area contributed by atoms with Gasteiger partial charge in [0.2, 0.25) is 0 Å². The predicted octanol–water partition coefficient (Wildman–Crippen LogP) is 3.81. The van der Waals surface area contributed by atoms with Crippen LogP contribution in [0.3, 0.4) is 0 Å². The average Bonchev–Trinajstić information content (AvgIpc) is 2.79. The maximum Gasteiger partial charge on any atom is 0.120 e. The fourth-order valence-corrected chi connectivity index (χ4v) is 2.68. The van der Waals surface area contributed by atoms with Crippen LogP contribution in [0.25, 0.3) is 0 Å². The van der Waals surface area contributed by atoms with E-state index in [0.29, 0.717) is 0 Å². The molecule has 0 radical (unpaired) electrons. The molecular formula is C14H23NO. The summed E-state index contributed by atoms with van der Waals surface area (Å²) in [5.41, 5.74) is 6.20. The van der Waals surface area contributed by atoms with E-state index < -0.39 is 0 Å². The molecule has 1 saturated carbocycles. The smallest absolute Gasteiger partial charge is 0.120 e. The van der Waals surface area contributed by atoms with Gasteiger partial charge in [0.1, 0.15) is 11.5 Å². The van der Waals surface area contributed by atoms with Crippen molar-refractivity contribution in [2.75, 3.05) is 0 Å². The van der Waals surface area contributed by atoms with Crippen LogP contribution < -0.4 is 5.73 Å². The van der Waals surface area contributed by atoms with Gasteiger partial charge in [-0.1, -0.05) is 39.0 Å². The minimum atomic E-state index is 0.100. The van der Waals surface area contributed by atoms with Crippen LogP contribution in [0.5, 0.6) is 0 Å². The van der Waals surface area contributed by atoms with Crippen LogP contribution in [0.4, 0.5) is 0 Å². The fraction of sp³-hybridized carbons (Fsp3) is 0.714. The molecule has 1 aromatic rings. The number of rotatable bonds is 4. The summed E-state index contributed by atoms with van der Waals surface area (Å²) in [7, 11) is 0. The van der Waals surface area contributed by atoms with E-state index in [9.17, 15) is 0 Å². The van der Waals surface area contributed by atoms with Gasteiger partial charge < -0.3 is 10.2 Å². The quantitative estimate of drug-likeness (QED) is 0.839. The van der Waals surface area contributed by atoms with Gasteiger partial charge in [0.15, 0.2) is 0 Å². The normalized spacial score (nSPS) is 19.9. The first-order chi connectivity index (χ1) is 7.79. The van der Waals surface area contributed by atoms with E-state index in [4.69, 9.17) is 10.2 Å². The first kappa shape index (κ1) is 11.7. The Labute approximate surface area is 98.2 Å². The molecule has 0 saturated heterocycles. The first-order valence-corrected chi connectivity index (χ1v) is 6.63. The molecule has 1 atom stereocenters. The molecule has 0 amide bonds. The number of furan rings is 1. The lowest BCUT2D eigenvalue weighted by molar-refractivity contribution is 0.301. The molecule has 2 N–H and O–H groups in total. The largest absolute Gasteiger partial charge is 0.464 e. The van der Waals surface area contributed by atoms with E-state index in [0.717, 1.165) is 30.3 Å². The van der Waals surface area contributed by atoms with E-state index in [1.54, 1.807) is 0 Å². The Balaban J connectivity index is 1.88. The lowest BCUT2D eigenvalue weighted by Gasteiger charge is -2.23. The van der Waals surface area contributed by atoms with Crippen LogP contribution in [0.15, 0.2) is 16.5 Å². The van der Waals surface area contributed by atoms with Crippen LogP contribution in [0.2, 0.25) is 0 Å². The first-order valence-electron chi connectivity index (χ1n) is 6.63. The third-order valence-corrected chi connectivity index (χ3v) is 3.71. The molecule has 2 heteroatoms. The van der Waals surface area contributed by atoms with Crippen LogP contribution in [-0.2, 0) is 6.42 Å². The molecule has 1 unspecified atom stereocenters. The van der Waals surface area contributed by atoms with Crippen LogP contribution >= 0.6 is 0 Å². The summed E-state index contributed by atoms with van der Waals surface area (Å²) in [6.45, 7) is 2.11. The summed E-state index contributed by atoms with van der Waals surface area (Å²) in [5.74, 6) is 2.84. The van der Waals surface area contributed by atoms with E-state index in [1.165, 1.54) is 32.1 Å². The van der Waals surface area contributed by atoms with Gasteiger partial charge in [0, 0.05) is 6.42 Å². The summed E-state index contributed by atoms with van der Waals surface area (Å²) >= 11 is 0. The highest BCUT2D eigenvalue weighted by Crippen LogP contribution is 2.31. The van der Waals surface area contributed by atoms with E-state index >= 15 is 0 Å².